The number of hydrogen-bond acceptors (Lipinski definition) is 3. The van der Waals surface area contributed by atoms with E-state index in [0.717, 1.165) is 26.7 Å². The lowest BCUT2D eigenvalue weighted by Gasteiger charge is -2.03. The summed E-state index contributed by atoms with van der Waals surface area (Å²) in [6.07, 6.45) is 1.47. The number of hydrogen-bond donors (Lipinski definition) is 1. The van der Waals surface area contributed by atoms with E-state index >= 15 is 0 Å². The van der Waals surface area contributed by atoms with Crippen LogP contribution in [-0.4, -0.2) is 18.2 Å². The molecule has 1 aromatic heterocycles. The third-order valence-corrected chi connectivity index (χ3v) is 4.86. The minimum atomic E-state index is -0.731. The van der Waals surface area contributed by atoms with Gasteiger partial charge in [-0.2, -0.15) is 0 Å². The molecule has 1 heterocycles. The molecule has 102 valence electrons. The molecule has 0 aliphatic rings. The van der Waals surface area contributed by atoms with Gasteiger partial charge in [-0.25, -0.2) is 0 Å². The van der Waals surface area contributed by atoms with Gasteiger partial charge in [0.05, 0.1) is 17.5 Å². The Morgan fingerprint density at radius 2 is 2.21 bits per heavy atom. The molecule has 0 saturated carbocycles. The molecular weight excluding hydrogens is 328 g/mol. The molecule has 0 aliphatic carbocycles. The van der Waals surface area contributed by atoms with Gasteiger partial charge in [0.25, 0.3) is 0 Å². The number of aryl methyl sites for hydroxylation is 1. The number of ether oxygens (including phenoxy) is 1. The molecule has 0 amide bonds. The third-order valence-electron chi connectivity index (χ3n) is 3.09. The maximum absolute atomic E-state index is 10.8. The molecule has 2 rings (SSSR count). The Morgan fingerprint density at radius 1 is 1.47 bits per heavy atom. The van der Waals surface area contributed by atoms with Gasteiger partial charge in [-0.3, -0.25) is 4.79 Å². The van der Waals surface area contributed by atoms with Gasteiger partial charge >= 0.3 is 5.97 Å². The molecule has 19 heavy (non-hydrogen) atoms. The van der Waals surface area contributed by atoms with E-state index in [1.54, 1.807) is 25.4 Å². The number of carboxylic acid groups (broad SMARTS) is 1. The highest BCUT2D eigenvalue weighted by Crippen LogP contribution is 2.35. The minimum Gasteiger partial charge on any atom is -0.496 e. The highest BCUT2D eigenvalue weighted by atomic mass is 79.9. The first-order chi connectivity index (χ1) is 9.01. The quantitative estimate of drug-likeness (QED) is 0.879. The Kier molecular flexibility index (Phi) is 4.47. The SMILES string of the molecule is COc1cc2sc(CC[C@H](C)C(=O)O)cc2cc1Br. The van der Waals surface area contributed by atoms with Crippen molar-refractivity contribution in [3.8, 4) is 5.75 Å². The van der Waals surface area contributed by atoms with Crippen molar-refractivity contribution in [3.05, 3.63) is 27.5 Å². The maximum Gasteiger partial charge on any atom is 0.306 e. The van der Waals surface area contributed by atoms with Crippen LogP contribution < -0.4 is 4.74 Å². The van der Waals surface area contributed by atoms with Gasteiger partial charge in [0.15, 0.2) is 0 Å². The number of carboxylic acids is 1. The van der Waals surface area contributed by atoms with E-state index in [9.17, 15) is 4.79 Å². The summed E-state index contributed by atoms with van der Waals surface area (Å²) in [5, 5.41) is 10.0. The second-order valence-corrected chi connectivity index (χ2v) is 6.54. The number of methoxy groups -OCH3 is 1. The van der Waals surface area contributed by atoms with Gasteiger partial charge < -0.3 is 9.84 Å². The van der Waals surface area contributed by atoms with Gasteiger partial charge in [0.2, 0.25) is 0 Å². The fraction of sp³-hybridized carbons (Fsp3) is 0.357. The zero-order valence-electron chi connectivity index (χ0n) is 10.8. The van der Waals surface area contributed by atoms with Crippen LogP contribution in [0.2, 0.25) is 0 Å². The molecule has 1 aromatic carbocycles. The first-order valence-electron chi connectivity index (χ1n) is 6.00. The Labute approximate surface area is 124 Å². The summed E-state index contributed by atoms with van der Waals surface area (Å²) >= 11 is 5.17. The van der Waals surface area contributed by atoms with Crippen molar-refractivity contribution in [2.24, 2.45) is 5.92 Å². The molecule has 0 radical (unpaired) electrons. The topological polar surface area (TPSA) is 46.5 Å². The minimum absolute atomic E-state index is 0.300. The Balaban J connectivity index is 2.19. The van der Waals surface area contributed by atoms with Crippen LogP contribution in [0.3, 0.4) is 0 Å². The Morgan fingerprint density at radius 3 is 2.84 bits per heavy atom. The van der Waals surface area contributed by atoms with Crippen LogP contribution in [0.1, 0.15) is 18.2 Å². The largest absolute Gasteiger partial charge is 0.496 e. The number of aliphatic carboxylic acids is 1. The highest BCUT2D eigenvalue weighted by Gasteiger charge is 2.12. The third kappa shape index (κ3) is 3.28. The van der Waals surface area contributed by atoms with Crippen LogP contribution in [0.4, 0.5) is 0 Å². The summed E-state index contributed by atoms with van der Waals surface area (Å²) < 4.78 is 7.37. The molecule has 0 spiro atoms. The van der Waals surface area contributed by atoms with Gasteiger partial charge in [-0.15, -0.1) is 11.3 Å². The Bertz CT molecular complexity index is 606. The molecule has 0 saturated heterocycles. The lowest BCUT2D eigenvalue weighted by atomic mass is 10.1. The monoisotopic (exact) mass is 342 g/mol. The molecule has 0 bridgehead atoms. The second-order valence-electron chi connectivity index (χ2n) is 4.52. The van der Waals surface area contributed by atoms with Crippen molar-refractivity contribution in [2.45, 2.75) is 19.8 Å². The summed E-state index contributed by atoms with van der Waals surface area (Å²) in [7, 11) is 1.65. The molecule has 0 fully saturated rings. The number of thiophene rings is 1. The summed E-state index contributed by atoms with van der Waals surface area (Å²) in [6, 6.07) is 6.17. The standard InChI is InChI=1S/C14H15BrO3S/c1-8(14(16)17)3-4-10-5-9-6-11(15)12(18-2)7-13(9)19-10/h5-8H,3-4H2,1-2H3,(H,16,17)/t8-/m0/s1. The average molecular weight is 343 g/mol. The van der Waals surface area contributed by atoms with Crippen molar-refractivity contribution in [3.63, 3.8) is 0 Å². The van der Waals surface area contributed by atoms with Crippen molar-refractivity contribution in [1.29, 1.82) is 0 Å². The smallest absolute Gasteiger partial charge is 0.306 e. The number of fused-ring (bicyclic) bond motifs is 1. The van der Waals surface area contributed by atoms with E-state index in [2.05, 4.69) is 22.0 Å². The maximum atomic E-state index is 10.8. The van der Waals surface area contributed by atoms with E-state index < -0.39 is 5.97 Å². The van der Waals surface area contributed by atoms with Gasteiger partial charge in [-0.1, -0.05) is 6.92 Å². The van der Waals surface area contributed by atoms with Gasteiger partial charge in [-0.05, 0) is 52.4 Å². The zero-order valence-corrected chi connectivity index (χ0v) is 13.2. The van der Waals surface area contributed by atoms with Crippen molar-refractivity contribution in [2.75, 3.05) is 7.11 Å². The average Bonchev–Trinajstić information content (AvgIpc) is 2.76. The first-order valence-corrected chi connectivity index (χ1v) is 7.61. The Hall–Kier alpha value is -1.07. The first kappa shape index (κ1) is 14.3. The molecule has 1 N–H and O–H groups in total. The van der Waals surface area contributed by atoms with E-state index in [1.807, 2.05) is 12.1 Å². The number of carbonyl (C=O) groups is 1. The van der Waals surface area contributed by atoms with Crippen LogP contribution in [0.5, 0.6) is 5.75 Å². The van der Waals surface area contributed by atoms with E-state index in [4.69, 9.17) is 9.84 Å². The lowest BCUT2D eigenvalue weighted by Crippen LogP contribution is -2.09. The fourth-order valence-corrected chi connectivity index (χ4v) is 3.47. The highest BCUT2D eigenvalue weighted by molar-refractivity contribution is 9.10. The summed E-state index contributed by atoms with van der Waals surface area (Å²) in [5.74, 6) is -0.211. The van der Waals surface area contributed by atoms with E-state index in [-0.39, 0.29) is 5.92 Å². The van der Waals surface area contributed by atoms with Crippen molar-refractivity contribution < 1.29 is 14.6 Å². The van der Waals surface area contributed by atoms with Gasteiger partial charge in [0, 0.05) is 9.58 Å². The number of benzene rings is 1. The predicted octanol–water partition coefficient (Wildman–Crippen LogP) is 4.33. The van der Waals surface area contributed by atoms with Crippen LogP contribution in [0.15, 0.2) is 22.7 Å². The van der Waals surface area contributed by atoms with Gasteiger partial charge in [0.1, 0.15) is 5.75 Å². The molecule has 0 aliphatic heterocycles. The molecule has 2 aromatic rings. The molecule has 1 atom stereocenters. The van der Waals surface area contributed by atoms with Crippen LogP contribution in [0.25, 0.3) is 10.1 Å². The number of rotatable bonds is 5. The lowest BCUT2D eigenvalue weighted by molar-refractivity contribution is -0.141. The molecule has 3 nitrogen and oxygen atoms in total. The normalized spacial score (nSPS) is 12.6. The van der Waals surface area contributed by atoms with Crippen LogP contribution in [-0.2, 0) is 11.2 Å². The molecule has 0 unspecified atom stereocenters. The number of halogens is 1. The van der Waals surface area contributed by atoms with Crippen LogP contribution in [0, 0.1) is 5.92 Å². The predicted molar refractivity (Wildman–Crippen MR) is 81.2 cm³/mol. The summed E-state index contributed by atoms with van der Waals surface area (Å²) in [6.45, 7) is 1.75. The van der Waals surface area contributed by atoms with Crippen LogP contribution >= 0.6 is 27.3 Å². The molecule has 5 heteroatoms. The van der Waals surface area contributed by atoms with E-state index in [0.29, 0.717) is 6.42 Å². The van der Waals surface area contributed by atoms with E-state index in [1.165, 1.54) is 4.88 Å². The summed E-state index contributed by atoms with van der Waals surface area (Å²) in [5.41, 5.74) is 0. The van der Waals surface area contributed by atoms with Crippen molar-refractivity contribution >= 4 is 43.3 Å². The fourth-order valence-electron chi connectivity index (χ4n) is 1.86. The summed E-state index contributed by atoms with van der Waals surface area (Å²) in [4.78, 5) is 12.0. The second kappa shape index (κ2) is 5.92. The molecular formula is C14H15BrO3S. The van der Waals surface area contributed by atoms with Crippen molar-refractivity contribution in [1.82, 2.24) is 0 Å². The zero-order chi connectivity index (χ0) is 14.0.